The number of pyridine rings is 1. The van der Waals surface area contributed by atoms with Gasteiger partial charge in [-0.25, -0.2) is 4.98 Å². The van der Waals surface area contributed by atoms with Crippen molar-refractivity contribution in [1.29, 1.82) is 0 Å². The largest absolute Gasteiger partial charge is 0.349 e. The van der Waals surface area contributed by atoms with Gasteiger partial charge in [0.15, 0.2) is 0 Å². The molecule has 1 amide bonds. The Balaban J connectivity index is 1.39. The van der Waals surface area contributed by atoms with E-state index in [9.17, 15) is 4.79 Å². The first kappa shape index (κ1) is 16.1. The first-order valence-corrected chi connectivity index (χ1v) is 8.93. The van der Waals surface area contributed by atoms with Crippen molar-refractivity contribution in [1.82, 2.24) is 10.3 Å². The molecule has 1 heterocycles. The molecule has 4 atom stereocenters. The standard InChI is InChI=1S/C20H24N4O/c1-24(16-5-3-2-4-6-16)19-8-7-13(12-22-19)20(25)23-15-9-14-10-18(21)17(14)11-15/h2-8,12,14-15,17-18H,9-11,21H2,1H3,(H,23,25)/t14-,15+,17-,18+/m0/s1. The molecule has 2 aromatic rings. The molecule has 0 spiro atoms. The molecule has 0 radical (unpaired) electrons. The van der Waals surface area contributed by atoms with E-state index in [4.69, 9.17) is 5.73 Å². The Labute approximate surface area is 148 Å². The highest BCUT2D eigenvalue weighted by Gasteiger charge is 2.46. The fourth-order valence-electron chi connectivity index (χ4n) is 4.17. The normalized spacial score (nSPS) is 27.3. The topological polar surface area (TPSA) is 71.2 Å². The minimum absolute atomic E-state index is 0.0405. The van der Waals surface area contributed by atoms with Gasteiger partial charge in [0.05, 0.1) is 5.56 Å². The van der Waals surface area contributed by atoms with Crippen LogP contribution in [0.1, 0.15) is 29.6 Å². The predicted molar refractivity (Wildman–Crippen MR) is 98.8 cm³/mol. The third-order valence-corrected chi connectivity index (χ3v) is 5.71. The van der Waals surface area contributed by atoms with Crippen molar-refractivity contribution in [3.05, 3.63) is 54.2 Å². The van der Waals surface area contributed by atoms with E-state index in [1.54, 1.807) is 6.20 Å². The van der Waals surface area contributed by atoms with Crippen LogP contribution in [0.5, 0.6) is 0 Å². The van der Waals surface area contributed by atoms with Crippen molar-refractivity contribution < 1.29 is 4.79 Å². The Morgan fingerprint density at radius 1 is 1.16 bits per heavy atom. The number of nitrogens with one attached hydrogen (secondary N) is 1. The maximum atomic E-state index is 12.5. The van der Waals surface area contributed by atoms with E-state index in [2.05, 4.69) is 10.3 Å². The minimum atomic E-state index is -0.0405. The lowest BCUT2D eigenvalue weighted by atomic mass is 9.72. The van der Waals surface area contributed by atoms with Crippen LogP contribution >= 0.6 is 0 Å². The van der Waals surface area contributed by atoms with E-state index in [0.717, 1.165) is 30.8 Å². The minimum Gasteiger partial charge on any atom is -0.349 e. The maximum absolute atomic E-state index is 12.5. The van der Waals surface area contributed by atoms with E-state index >= 15 is 0 Å². The van der Waals surface area contributed by atoms with Gasteiger partial charge in [-0.15, -0.1) is 0 Å². The second kappa shape index (κ2) is 6.48. The molecule has 4 rings (SSSR count). The smallest absolute Gasteiger partial charge is 0.253 e. The summed E-state index contributed by atoms with van der Waals surface area (Å²) >= 11 is 0. The fraction of sp³-hybridized carbons (Fsp3) is 0.400. The summed E-state index contributed by atoms with van der Waals surface area (Å²) < 4.78 is 0. The summed E-state index contributed by atoms with van der Waals surface area (Å²) in [6.45, 7) is 0. The first-order chi connectivity index (χ1) is 12.1. The number of para-hydroxylation sites is 1. The molecule has 2 fully saturated rings. The summed E-state index contributed by atoms with van der Waals surface area (Å²) in [4.78, 5) is 18.9. The zero-order chi connectivity index (χ0) is 17.4. The van der Waals surface area contributed by atoms with Crippen LogP contribution in [0.25, 0.3) is 0 Å². The van der Waals surface area contributed by atoms with Crippen molar-refractivity contribution >= 4 is 17.4 Å². The highest BCUT2D eigenvalue weighted by Crippen LogP contribution is 2.46. The molecule has 25 heavy (non-hydrogen) atoms. The molecule has 0 unspecified atom stereocenters. The van der Waals surface area contributed by atoms with Gasteiger partial charge in [0.1, 0.15) is 5.82 Å². The third-order valence-electron chi connectivity index (χ3n) is 5.71. The van der Waals surface area contributed by atoms with Crippen molar-refractivity contribution in [2.45, 2.75) is 31.3 Å². The van der Waals surface area contributed by atoms with Crippen LogP contribution in [0, 0.1) is 11.8 Å². The number of hydrogen-bond acceptors (Lipinski definition) is 4. The zero-order valence-electron chi connectivity index (χ0n) is 14.4. The van der Waals surface area contributed by atoms with Crippen LogP contribution in [0.2, 0.25) is 0 Å². The summed E-state index contributed by atoms with van der Waals surface area (Å²) in [5.74, 6) is 2.08. The maximum Gasteiger partial charge on any atom is 0.253 e. The molecule has 1 aromatic heterocycles. The van der Waals surface area contributed by atoms with Gasteiger partial charge in [0, 0.05) is 31.0 Å². The number of benzene rings is 1. The van der Waals surface area contributed by atoms with Crippen LogP contribution in [-0.2, 0) is 0 Å². The van der Waals surface area contributed by atoms with Crippen LogP contribution in [0.15, 0.2) is 48.7 Å². The molecular formula is C20H24N4O. The Morgan fingerprint density at radius 2 is 1.96 bits per heavy atom. The second-order valence-electron chi connectivity index (χ2n) is 7.26. The second-order valence-corrected chi connectivity index (χ2v) is 7.26. The molecule has 0 saturated heterocycles. The number of aromatic nitrogens is 1. The summed E-state index contributed by atoms with van der Waals surface area (Å²) in [7, 11) is 1.97. The molecule has 0 aliphatic heterocycles. The number of nitrogens with two attached hydrogens (primary N) is 1. The molecule has 0 bridgehead atoms. The average Bonchev–Trinajstić information content (AvgIpc) is 2.98. The highest BCUT2D eigenvalue weighted by molar-refractivity contribution is 5.94. The van der Waals surface area contributed by atoms with E-state index in [1.165, 1.54) is 0 Å². The van der Waals surface area contributed by atoms with Gasteiger partial charge >= 0.3 is 0 Å². The molecule has 3 N–H and O–H groups in total. The van der Waals surface area contributed by atoms with E-state index in [-0.39, 0.29) is 11.9 Å². The van der Waals surface area contributed by atoms with E-state index < -0.39 is 0 Å². The lowest BCUT2D eigenvalue weighted by Crippen LogP contribution is -2.44. The van der Waals surface area contributed by atoms with Crippen molar-refractivity contribution in [2.24, 2.45) is 17.6 Å². The Morgan fingerprint density at radius 3 is 2.60 bits per heavy atom. The number of anilines is 2. The number of fused-ring (bicyclic) bond motifs is 1. The molecule has 5 nitrogen and oxygen atoms in total. The molecule has 2 aliphatic carbocycles. The Hall–Kier alpha value is -2.40. The van der Waals surface area contributed by atoms with Gasteiger partial charge in [-0.3, -0.25) is 4.79 Å². The van der Waals surface area contributed by atoms with Gasteiger partial charge in [-0.2, -0.15) is 0 Å². The number of carbonyl (C=O) groups excluding carboxylic acids is 1. The van der Waals surface area contributed by atoms with Crippen LogP contribution < -0.4 is 16.0 Å². The van der Waals surface area contributed by atoms with Crippen LogP contribution in [0.4, 0.5) is 11.5 Å². The lowest BCUT2D eigenvalue weighted by molar-refractivity contribution is 0.0937. The highest BCUT2D eigenvalue weighted by atomic mass is 16.1. The number of rotatable bonds is 4. The fourth-order valence-corrected chi connectivity index (χ4v) is 4.17. The van der Waals surface area contributed by atoms with E-state index in [0.29, 0.717) is 23.4 Å². The molecule has 1 aromatic carbocycles. The summed E-state index contributed by atoms with van der Waals surface area (Å²) in [5.41, 5.74) is 7.70. The SMILES string of the molecule is CN(c1ccccc1)c1ccc(C(=O)N[C@@H]2C[C@H]3C[C@@H](N)[C@H]3C2)cn1. The van der Waals surface area contributed by atoms with Crippen molar-refractivity contribution in [3.63, 3.8) is 0 Å². The average molecular weight is 336 g/mol. The molecule has 2 saturated carbocycles. The number of nitrogens with zero attached hydrogens (tertiary/aromatic N) is 2. The first-order valence-electron chi connectivity index (χ1n) is 8.93. The third kappa shape index (κ3) is 3.12. The van der Waals surface area contributed by atoms with Gasteiger partial charge < -0.3 is 16.0 Å². The summed E-state index contributed by atoms with van der Waals surface area (Å²) in [5, 5.41) is 3.15. The van der Waals surface area contributed by atoms with E-state index in [1.807, 2.05) is 54.4 Å². The van der Waals surface area contributed by atoms with Crippen molar-refractivity contribution in [3.8, 4) is 0 Å². The van der Waals surface area contributed by atoms with Gasteiger partial charge in [-0.1, -0.05) is 18.2 Å². The van der Waals surface area contributed by atoms with Gasteiger partial charge in [0.25, 0.3) is 5.91 Å². The van der Waals surface area contributed by atoms with Gasteiger partial charge in [-0.05, 0) is 55.4 Å². The molecule has 2 aliphatic rings. The monoisotopic (exact) mass is 336 g/mol. The Bertz CT molecular complexity index is 746. The predicted octanol–water partition coefficient (Wildman–Crippen LogP) is 2.71. The number of carbonyl (C=O) groups is 1. The molecular weight excluding hydrogens is 312 g/mol. The molecule has 5 heteroatoms. The molecule has 130 valence electrons. The lowest BCUT2D eigenvalue weighted by Gasteiger charge is -2.37. The Kier molecular flexibility index (Phi) is 4.17. The summed E-state index contributed by atoms with van der Waals surface area (Å²) in [6, 6.07) is 14.3. The van der Waals surface area contributed by atoms with Gasteiger partial charge in [0.2, 0.25) is 0 Å². The number of hydrogen-bond donors (Lipinski definition) is 2. The quantitative estimate of drug-likeness (QED) is 0.900. The summed E-state index contributed by atoms with van der Waals surface area (Å²) in [6.07, 6.45) is 4.84. The zero-order valence-corrected chi connectivity index (χ0v) is 14.4. The number of amides is 1. The van der Waals surface area contributed by atoms with Crippen molar-refractivity contribution in [2.75, 3.05) is 11.9 Å². The van der Waals surface area contributed by atoms with Crippen LogP contribution in [0.3, 0.4) is 0 Å². The van der Waals surface area contributed by atoms with Crippen LogP contribution in [-0.4, -0.2) is 30.0 Å².